The number of aromatic nitrogens is 2. The minimum absolute atomic E-state index is 0.213. The fourth-order valence-corrected chi connectivity index (χ4v) is 6.97. The van der Waals surface area contributed by atoms with E-state index < -0.39 is 0 Å². The molecule has 0 amide bonds. The number of hydrogen-bond acceptors (Lipinski definition) is 6. The van der Waals surface area contributed by atoms with Gasteiger partial charge in [0, 0.05) is 42.2 Å². The first-order chi connectivity index (χ1) is 21.3. The van der Waals surface area contributed by atoms with E-state index in [0.717, 1.165) is 72.6 Å². The van der Waals surface area contributed by atoms with Gasteiger partial charge in [0.15, 0.2) is 0 Å². The first-order valence-electron chi connectivity index (χ1n) is 15.7. The van der Waals surface area contributed by atoms with Crippen LogP contribution in [0, 0.1) is 10.7 Å². The van der Waals surface area contributed by atoms with Crippen molar-refractivity contribution < 1.29 is 18.4 Å². The molecular weight excluding hydrogens is 557 g/mol. The number of nitrogens with zero attached hydrogens (tertiary/aromatic N) is 5. The normalized spacial score (nSPS) is 16.5. The molecule has 0 radical (unpaired) electrons. The van der Waals surface area contributed by atoms with E-state index in [1.165, 1.54) is 22.3 Å². The lowest BCUT2D eigenvalue weighted by Gasteiger charge is -2.42. The molecule has 8 nitrogen and oxygen atoms in total. The van der Waals surface area contributed by atoms with Crippen LogP contribution in [0.25, 0.3) is 22.3 Å². The number of hydrogen-bond donors (Lipinski definition) is 0. The summed E-state index contributed by atoms with van der Waals surface area (Å²) in [6, 6.07) is 13.4. The molecule has 0 aliphatic carbocycles. The molecule has 1 atom stereocenters. The number of ether oxygens (including phenoxy) is 1. The van der Waals surface area contributed by atoms with Crippen LogP contribution in [-0.4, -0.2) is 58.6 Å². The molecule has 9 heteroatoms. The Hall–Kier alpha value is -3.95. The monoisotopic (exact) mass is 598 g/mol. The van der Waals surface area contributed by atoms with Crippen LogP contribution in [0.5, 0.6) is 0 Å². The second-order valence-corrected chi connectivity index (χ2v) is 12.7. The van der Waals surface area contributed by atoms with E-state index in [9.17, 15) is 9.70 Å². The molecule has 2 aromatic heterocycles. The average molecular weight is 599 g/mol. The fourth-order valence-electron chi connectivity index (χ4n) is 6.97. The zero-order valence-corrected chi connectivity index (χ0v) is 26.1. The van der Waals surface area contributed by atoms with E-state index >= 15 is 4.39 Å². The summed E-state index contributed by atoms with van der Waals surface area (Å²) < 4.78 is 23.6. The van der Waals surface area contributed by atoms with Crippen molar-refractivity contribution in [2.45, 2.75) is 65.8 Å². The standard InChI is InChI=1S/C35H41FN5O3/c1-5-23(3)27-16-33-35-30(19-40(33)34(27)21-44-22-42)29(28-15-25(6-2)31(36)17-32(28)37-35)18-39-11-13-41(4,14-12-39)20-24-7-9-26(38-43)10-8-24/h7-10,15-17,22-23H,5-6,11-14,18-21H2,1-4H3/q+1/t23-/m1/s1. The van der Waals surface area contributed by atoms with Crippen molar-refractivity contribution in [1.82, 2.24) is 14.5 Å². The Kier molecular flexibility index (Phi) is 8.35. The lowest BCUT2D eigenvalue weighted by molar-refractivity contribution is -0.926. The molecule has 0 unspecified atom stereocenters. The van der Waals surface area contributed by atoms with E-state index in [1.807, 2.05) is 25.1 Å². The highest BCUT2D eigenvalue weighted by Gasteiger charge is 2.33. The van der Waals surface area contributed by atoms with E-state index in [-0.39, 0.29) is 12.4 Å². The molecule has 2 aromatic carbocycles. The van der Waals surface area contributed by atoms with Crippen LogP contribution in [0.2, 0.25) is 0 Å². The Morgan fingerprint density at radius 2 is 1.89 bits per heavy atom. The van der Waals surface area contributed by atoms with Gasteiger partial charge in [0.1, 0.15) is 24.7 Å². The molecule has 230 valence electrons. The predicted octanol–water partition coefficient (Wildman–Crippen LogP) is 6.81. The van der Waals surface area contributed by atoms with Crippen molar-refractivity contribution in [1.29, 1.82) is 0 Å². The van der Waals surface area contributed by atoms with Gasteiger partial charge in [0.05, 0.1) is 49.3 Å². The van der Waals surface area contributed by atoms with Crippen molar-refractivity contribution in [3.8, 4) is 11.4 Å². The number of rotatable bonds is 11. The Labute approximate surface area is 258 Å². The third-order valence-corrected chi connectivity index (χ3v) is 9.89. The summed E-state index contributed by atoms with van der Waals surface area (Å²) >= 11 is 0. The highest BCUT2D eigenvalue weighted by Crippen LogP contribution is 2.42. The molecule has 0 N–H and O–H groups in total. The maximum absolute atomic E-state index is 15.1. The van der Waals surface area contributed by atoms with Gasteiger partial charge in [-0.3, -0.25) is 9.69 Å². The Morgan fingerprint density at radius 3 is 2.55 bits per heavy atom. The molecule has 1 fully saturated rings. The number of fused-ring (bicyclic) bond motifs is 4. The highest BCUT2D eigenvalue weighted by molar-refractivity contribution is 5.89. The number of benzene rings is 2. The van der Waals surface area contributed by atoms with E-state index in [0.29, 0.717) is 42.1 Å². The summed E-state index contributed by atoms with van der Waals surface area (Å²) in [7, 11) is 2.30. The number of aryl methyl sites for hydroxylation is 1. The molecule has 4 aromatic rings. The summed E-state index contributed by atoms with van der Waals surface area (Å²) in [5.74, 6) is 0.0989. The SMILES string of the molecule is CCc1cc2c(CN3CC[N+](C)(Cc4ccc(N=O)cc4)CC3)c3c(nc2cc1F)-c1cc([C@H](C)CC)c(COC=O)n1C3. The molecule has 0 bridgehead atoms. The maximum atomic E-state index is 15.1. The number of carbonyl (C=O) groups is 1. The van der Waals surface area contributed by atoms with Gasteiger partial charge in [0.25, 0.3) is 6.47 Å². The zero-order valence-electron chi connectivity index (χ0n) is 26.1. The van der Waals surface area contributed by atoms with Crippen LogP contribution in [0.15, 0.2) is 47.6 Å². The van der Waals surface area contributed by atoms with Crippen LogP contribution in [0.3, 0.4) is 0 Å². The molecule has 6 rings (SSSR count). The van der Waals surface area contributed by atoms with Crippen molar-refractivity contribution in [2.75, 3.05) is 33.2 Å². The number of pyridine rings is 1. The van der Waals surface area contributed by atoms with Crippen LogP contribution in [-0.2, 0) is 42.2 Å². The number of likely N-dealkylation sites (N-methyl/N-ethyl adjacent to an activating group) is 1. The second kappa shape index (κ2) is 12.2. The van der Waals surface area contributed by atoms with E-state index in [1.54, 1.807) is 18.2 Å². The first kappa shape index (κ1) is 30.1. The van der Waals surface area contributed by atoms with E-state index in [4.69, 9.17) is 9.72 Å². The van der Waals surface area contributed by atoms with Gasteiger partial charge in [-0.1, -0.05) is 32.9 Å². The average Bonchev–Trinajstić information content (AvgIpc) is 3.57. The fraction of sp³-hybridized carbons (Fsp3) is 0.429. The third kappa shape index (κ3) is 5.55. The minimum Gasteiger partial charge on any atom is -0.461 e. The number of piperazine rings is 1. The van der Waals surface area contributed by atoms with Crippen molar-refractivity contribution in [3.05, 3.63) is 86.7 Å². The predicted molar refractivity (Wildman–Crippen MR) is 170 cm³/mol. The largest absolute Gasteiger partial charge is 0.461 e. The molecule has 2 aliphatic heterocycles. The highest BCUT2D eigenvalue weighted by atomic mass is 19.1. The quantitative estimate of drug-likeness (QED) is 0.0948. The molecule has 1 saturated heterocycles. The van der Waals surface area contributed by atoms with Crippen molar-refractivity contribution in [3.63, 3.8) is 0 Å². The van der Waals surface area contributed by atoms with Crippen LogP contribution in [0.1, 0.15) is 66.6 Å². The van der Waals surface area contributed by atoms with Gasteiger partial charge in [-0.25, -0.2) is 9.37 Å². The van der Waals surface area contributed by atoms with E-state index in [2.05, 4.69) is 41.6 Å². The van der Waals surface area contributed by atoms with Gasteiger partial charge in [-0.05, 0) is 64.9 Å². The maximum Gasteiger partial charge on any atom is 0.293 e. The summed E-state index contributed by atoms with van der Waals surface area (Å²) in [5, 5.41) is 4.04. The van der Waals surface area contributed by atoms with Gasteiger partial charge in [-0.2, -0.15) is 0 Å². The molecular formula is C35H41FN5O3+. The molecule has 0 spiro atoms. The first-order valence-corrected chi connectivity index (χ1v) is 15.7. The summed E-state index contributed by atoms with van der Waals surface area (Å²) in [6.07, 6.45) is 1.59. The minimum atomic E-state index is -0.213. The third-order valence-electron chi connectivity index (χ3n) is 9.89. The van der Waals surface area contributed by atoms with Gasteiger partial charge in [0.2, 0.25) is 0 Å². The Bertz CT molecular complexity index is 1710. The number of quaternary nitrogens is 1. The zero-order chi connectivity index (χ0) is 31.0. The van der Waals surface area contributed by atoms with Crippen LogP contribution in [0.4, 0.5) is 10.1 Å². The van der Waals surface area contributed by atoms with Gasteiger partial charge < -0.3 is 13.8 Å². The number of halogens is 1. The van der Waals surface area contributed by atoms with Crippen LogP contribution < -0.4 is 0 Å². The summed E-state index contributed by atoms with van der Waals surface area (Å²) in [5.41, 5.74) is 9.55. The van der Waals surface area contributed by atoms with Crippen molar-refractivity contribution in [2.24, 2.45) is 5.18 Å². The van der Waals surface area contributed by atoms with Gasteiger partial charge in [-0.15, -0.1) is 4.91 Å². The van der Waals surface area contributed by atoms with Crippen molar-refractivity contribution >= 4 is 23.1 Å². The summed E-state index contributed by atoms with van der Waals surface area (Å²) in [4.78, 5) is 29.6. The lowest BCUT2D eigenvalue weighted by Crippen LogP contribution is -2.56. The molecule has 2 aliphatic rings. The van der Waals surface area contributed by atoms with Gasteiger partial charge >= 0.3 is 0 Å². The molecule has 44 heavy (non-hydrogen) atoms. The smallest absolute Gasteiger partial charge is 0.293 e. The number of nitroso groups, excluding NO2 is 1. The van der Waals surface area contributed by atoms with Crippen LogP contribution >= 0.6 is 0 Å². The molecule has 0 saturated carbocycles. The summed E-state index contributed by atoms with van der Waals surface area (Å²) in [6.45, 7) is 13.3. The molecule has 4 heterocycles. The Balaban J connectivity index is 1.33. The topological polar surface area (TPSA) is 76.8 Å². The second-order valence-electron chi connectivity index (χ2n) is 12.7. The Morgan fingerprint density at radius 1 is 1.14 bits per heavy atom. The number of carbonyl (C=O) groups excluding carboxylic acids is 1. The lowest BCUT2D eigenvalue weighted by atomic mass is 9.95.